The van der Waals surface area contributed by atoms with Gasteiger partial charge in [0.25, 0.3) is 0 Å². The molecule has 92 valence electrons. The van der Waals surface area contributed by atoms with Crippen LogP contribution in [0.3, 0.4) is 0 Å². The number of carbonyl (C=O) groups excluding carboxylic acids is 1. The molecule has 1 atom stereocenters. The van der Waals surface area contributed by atoms with Gasteiger partial charge in [0.2, 0.25) is 0 Å². The number of methoxy groups -OCH3 is 1. The maximum Gasteiger partial charge on any atom is 0.306 e. The number of rotatable bonds is 6. The second kappa shape index (κ2) is 4.00. The van der Waals surface area contributed by atoms with Crippen molar-refractivity contribution in [1.82, 2.24) is 0 Å². The highest BCUT2D eigenvalue weighted by Gasteiger charge is 2.48. The lowest BCUT2D eigenvalue weighted by molar-refractivity contribution is -0.141. The van der Waals surface area contributed by atoms with Crippen molar-refractivity contribution in [2.45, 2.75) is 25.4 Å². The molecule has 1 aliphatic carbocycles. The molecule has 0 N–H and O–H groups in total. The molecule has 1 saturated heterocycles. The van der Waals surface area contributed by atoms with Crippen LogP contribution < -0.4 is 0 Å². The molecule has 0 aromatic carbocycles. The number of hydrogen-bond acceptors (Lipinski definition) is 5. The molecule has 0 radical (unpaired) electrons. The highest BCUT2D eigenvalue weighted by atomic mass is 32.2. The molecule has 1 heterocycles. The van der Waals surface area contributed by atoms with E-state index in [4.69, 9.17) is 4.74 Å². The molecule has 0 aromatic heterocycles. The van der Waals surface area contributed by atoms with Gasteiger partial charge in [-0.25, -0.2) is 8.42 Å². The first kappa shape index (κ1) is 11.9. The summed E-state index contributed by atoms with van der Waals surface area (Å²) in [6.07, 6.45) is 1.70. The Morgan fingerprint density at radius 3 is 2.56 bits per heavy atom. The summed E-state index contributed by atoms with van der Waals surface area (Å²) in [5.74, 6) is -0.138. The smallest absolute Gasteiger partial charge is 0.306 e. The predicted molar refractivity (Wildman–Crippen MR) is 56.7 cm³/mol. The zero-order valence-electron chi connectivity index (χ0n) is 9.27. The lowest BCUT2D eigenvalue weighted by Gasteiger charge is -2.13. The normalized spacial score (nSPS) is 26.2. The highest BCUT2D eigenvalue weighted by molar-refractivity contribution is 7.91. The molecular formula is C10H16O5S. The van der Waals surface area contributed by atoms with Crippen LogP contribution in [-0.4, -0.2) is 45.7 Å². The molecule has 0 bridgehead atoms. The fourth-order valence-electron chi connectivity index (χ4n) is 1.90. The zero-order chi connectivity index (χ0) is 11.8. The number of carbonyl (C=O) groups is 1. The molecule has 0 aromatic rings. The maximum absolute atomic E-state index is 11.8. The van der Waals surface area contributed by atoms with Crippen LogP contribution in [0.1, 0.15) is 19.3 Å². The fraction of sp³-hybridized carbons (Fsp3) is 0.900. The summed E-state index contributed by atoms with van der Waals surface area (Å²) >= 11 is 0. The molecule has 2 aliphatic rings. The molecule has 0 spiro atoms. The summed E-state index contributed by atoms with van der Waals surface area (Å²) in [6.45, 7) is 0.545. The first-order chi connectivity index (χ1) is 7.45. The predicted octanol–water partition coefficient (Wildman–Crippen LogP) is 0.143. The number of hydrogen-bond donors (Lipinski definition) is 0. The average molecular weight is 248 g/mol. The number of epoxide rings is 1. The Balaban J connectivity index is 1.90. The molecule has 5 nitrogen and oxygen atoms in total. The number of sulfone groups is 1. The van der Waals surface area contributed by atoms with Crippen molar-refractivity contribution in [2.24, 2.45) is 5.41 Å². The van der Waals surface area contributed by atoms with Gasteiger partial charge >= 0.3 is 5.97 Å². The van der Waals surface area contributed by atoms with Crippen LogP contribution in [0, 0.1) is 5.41 Å². The van der Waals surface area contributed by atoms with Crippen LogP contribution >= 0.6 is 0 Å². The quantitative estimate of drug-likeness (QED) is 0.494. The van der Waals surface area contributed by atoms with E-state index in [0.29, 0.717) is 6.61 Å². The lowest BCUT2D eigenvalue weighted by atomic mass is 10.1. The Kier molecular flexibility index (Phi) is 2.96. The first-order valence-electron chi connectivity index (χ1n) is 5.34. The zero-order valence-corrected chi connectivity index (χ0v) is 10.1. The number of ether oxygens (including phenoxy) is 2. The summed E-state index contributed by atoms with van der Waals surface area (Å²) in [6, 6.07) is 0. The topological polar surface area (TPSA) is 73.0 Å². The van der Waals surface area contributed by atoms with Crippen LogP contribution in [0.4, 0.5) is 0 Å². The Morgan fingerprint density at radius 2 is 2.12 bits per heavy atom. The number of esters is 1. The summed E-state index contributed by atoms with van der Waals surface area (Å²) in [7, 11) is -1.78. The van der Waals surface area contributed by atoms with Crippen LogP contribution in [-0.2, 0) is 24.1 Å². The third kappa shape index (κ3) is 3.18. The van der Waals surface area contributed by atoms with E-state index in [2.05, 4.69) is 4.74 Å². The van der Waals surface area contributed by atoms with E-state index in [-0.39, 0.29) is 35.4 Å². The van der Waals surface area contributed by atoms with Crippen LogP contribution in [0.5, 0.6) is 0 Å². The van der Waals surface area contributed by atoms with E-state index in [0.717, 1.165) is 12.8 Å². The van der Waals surface area contributed by atoms with Crippen LogP contribution in [0.25, 0.3) is 0 Å². The van der Waals surface area contributed by atoms with Crippen molar-refractivity contribution < 1.29 is 22.7 Å². The van der Waals surface area contributed by atoms with E-state index >= 15 is 0 Å². The van der Waals surface area contributed by atoms with E-state index in [1.165, 1.54) is 7.11 Å². The summed E-state index contributed by atoms with van der Waals surface area (Å²) in [4.78, 5) is 11.1. The van der Waals surface area contributed by atoms with Crippen molar-refractivity contribution >= 4 is 15.8 Å². The molecule has 0 amide bonds. The molecular weight excluding hydrogens is 232 g/mol. The van der Waals surface area contributed by atoms with Crippen molar-refractivity contribution in [1.29, 1.82) is 0 Å². The van der Waals surface area contributed by atoms with E-state index in [9.17, 15) is 13.2 Å². The molecule has 1 aliphatic heterocycles. The molecule has 2 rings (SSSR count). The summed E-state index contributed by atoms with van der Waals surface area (Å²) in [5, 5.41) is 0. The molecule has 1 unspecified atom stereocenters. The molecule has 6 heteroatoms. The van der Waals surface area contributed by atoms with Gasteiger partial charge in [-0.1, -0.05) is 0 Å². The molecule has 1 saturated carbocycles. The van der Waals surface area contributed by atoms with Gasteiger partial charge in [-0.15, -0.1) is 0 Å². The van der Waals surface area contributed by atoms with Crippen LogP contribution in [0.15, 0.2) is 0 Å². The minimum absolute atomic E-state index is 0.0922. The Bertz CT molecular complexity index is 378. The third-order valence-electron chi connectivity index (χ3n) is 3.07. The maximum atomic E-state index is 11.8. The van der Waals surface area contributed by atoms with Crippen molar-refractivity contribution in [3.05, 3.63) is 0 Å². The Labute approximate surface area is 95.0 Å². The largest absolute Gasteiger partial charge is 0.469 e. The minimum atomic E-state index is -3.10. The highest BCUT2D eigenvalue weighted by Crippen LogP contribution is 2.50. The SMILES string of the molecule is COC(=O)CC1(CS(=O)(=O)CC2CO2)CC1. The third-order valence-corrected chi connectivity index (χ3v) is 5.00. The minimum Gasteiger partial charge on any atom is -0.469 e. The van der Waals surface area contributed by atoms with E-state index in [1.54, 1.807) is 0 Å². The van der Waals surface area contributed by atoms with Gasteiger partial charge in [0, 0.05) is 0 Å². The van der Waals surface area contributed by atoms with Gasteiger partial charge in [0.05, 0.1) is 37.7 Å². The van der Waals surface area contributed by atoms with Gasteiger partial charge in [-0.05, 0) is 18.3 Å². The van der Waals surface area contributed by atoms with E-state index in [1.807, 2.05) is 0 Å². The fourth-order valence-corrected chi connectivity index (χ4v) is 4.10. The van der Waals surface area contributed by atoms with E-state index < -0.39 is 9.84 Å². The first-order valence-corrected chi connectivity index (χ1v) is 7.16. The summed E-state index contributed by atoms with van der Waals surface area (Å²) in [5.41, 5.74) is -0.346. The van der Waals surface area contributed by atoms with Crippen LogP contribution in [0.2, 0.25) is 0 Å². The second-order valence-corrected chi connectivity index (χ2v) is 6.87. The Morgan fingerprint density at radius 1 is 1.50 bits per heavy atom. The van der Waals surface area contributed by atoms with Gasteiger partial charge in [-0.3, -0.25) is 4.79 Å². The lowest BCUT2D eigenvalue weighted by Crippen LogP contribution is -2.24. The summed E-state index contributed by atoms with van der Waals surface area (Å²) < 4.78 is 33.0. The van der Waals surface area contributed by atoms with Gasteiger partial charge < -0.3 is 9.47 Å². The molecule has 2 fully saturated rings. The van der Waals surface area contributed by atoms with Gasteiger partial charge in [0.15, 0.2) is 9.84 Å². The molecule has 16 heavy (non-hydrogen) atoms. The Hall–Kier alpha value is -0.620. The second-order valence-electron chi connectivity index (χ2n) is 4.76. The monoisotopic (exact) mass is 248 g/mol. The van der Waals surface area contributed by atoms with Crippen molar-refractivity contribution in [3.63, 3.8) is 0 Å². The standard InChI is InChI=1S/C10H16O5S/c1-14-9(11)4-10(2-3-10)7-16(12,13)6-8-5-15-8/h8H,2-7H2,1H3. The van der Waals surface area contributed by atoms with Crippen molar-refractivity contribution in [3.8, 4) is 0 Å². The average Bonchev–Trinajstić information content (AvgIpc) is 3.04. The van der Waals surface area contributed by atoms with Gasteiger partial charge in [0.1, 0.15) is 0 Å². The van der Waals surface area contributed by atoms with Gasteiger partial charge in [-0.2, -0.15) is 0 Å². The van der Waals surface area contributed by atoms with Crippen molar-refractivity contribution in [2.75, 3.05) is 25.2 Å².